The van der Waals surface area contributed by atoms with Gasteiger partial charge in [-0.3, -0.25) is 0 Å². The van der Waals surface area contributed by atoms with E-state index in [0.29, 0.717) is 5.92 Å². The van der Waals surface area contributed by atoms with E-state index in [2.05, 4.69) is 38.1 Å². The molecule has 0 bridgehead atoms. The Bertz CT molecular complexity index is 335. The average molecular weight is 205 g/mol. The molecular weight excluding hydrogens is 186 g/mol. The lowest BCUT2D eigenvalue weighted by Crippen LogP contribution is -2.37. The molecule has 2 nitrogen and oxygen atoms in total. The number of nitrogens with two attached hydrogens (primary N) is 1. The van der Waals surface area contributed by atoms with Crippen LogP contribution in [0.3, 0.4) is 0 Å². The molecule has 1 aromatic rings. The lowest BCUT2D eigenvalue weighted by molar-refractivity contribution is 0.0143. The second-order valence-corrected chi connectivity index (χ2v) is 4.56. The SMILES string of the molecule is CC(C)C(N)C1OCCc2ccccc21. The third-order valence-corrected chi connectivity index (χ3v) is 3.15. The number of fused-ring (bicyclic) bond motifs is 1. The molecule has 82 valence electrons. The van der Waals surface area contributed by atoms with Crippen molar-refractivity contribution in [1.82, 2.24) is 0 Å². The number of ether oxygens (including phenoxy) is 1. The van der Waals surface area contributed by atoms with Gasteiger partial charge in [0, 0.05) is 6.04 Å². The van der Waals surface area contributed by atoms with Crippen LogP contribution < -0.4 is 5.73 Å². The van der Waals surface area contributed by atoms with Gasteiger partial charge in [-0.05, 0) is 23.5 Å². The average Bonchev–Trinajstić information content (AvgIpc) is 2.27. The Morgan fingerprint density at radius 3 is 2.80 bits per heavy atom. The van der Waals surface area contributed by atoms with Crippen LogP contribution in [0.25, 0.3) is 0 Å². The van der Waals surface area contributed by atoms with Crippen LogP contribution in [-0.4, -0.2) is 12.6 Å². The lowest BCUT2D eigenvalue weighted by Gasteiger charge is -2.32. The standard InChI is InChI=1S/C13H19NO/c1-9(2)12(14)13-11-6-4-3-5-10(11)7-8-15-13/h3-6,9,12-13H,7-8,14H2,1-2H3. The molecule has 0 fully saturated rings. The first-order valence-corrected chi connectivity index (χ1v) is 5.65. The fraction of sp³-hybridized carbons (Fsp3) is 0.538. The van der Waals surface area contributed by atoms with Crippen molar-refractivity contribution in [2.75, 3.05) is 6.61 Å². The highest BCUT2D eigenvalue weighted by Gasteiger charge is 2.27. The molecule has 2 heteroatoms. The highest BCUT2D eigenvalue weighted by atomic mass is 16.5. The number of hydrogen-bond acceptors (Lipinski definition) is 2. The fourth-order valence-electron chi connectivity index (χ4n) is 2.09. The van der Waals surface area contributed by atoms with Crippen LogP contribution in [0.4, 0.5) is 0 Å². The third-order valence-electron chi connectivity index (χ3n) is 3.15. The number of benzene rings is 1. The Hall–Kier alpha value is -0.860. The second kappa shape index (κ2) is 4.33. The van der Waals surface area contributed by atoms with Gasteiger partial charge in [0.1, 0.15) is 0 Å². The molecule has 1 heterocycles. The molecule has 0 aromatic heterocycles. The molecule has 2 atom stereocenters. The Morgan fingerprint density at radius 2 is 2.07 bits per heavy atom. The summed E-state index contributed by atoms with van der Waals surface area (Å²) in [5, 5.41) is 0. The van der Waals surface area contributed by atoms with Gasteiger partial charge in [0.2, 0.25) is 0 Å². The summed E-state index contributed by atoms with van der Waals surface area (Å²) >= 11 is 0. The van der Waals surface area contributed by atoms with Crippen molar-refractivity contribution in [3.63, 3.8) is 0 Å². The zero-order chi connectivity index (χ0) is 10.8. The van der Waals surface area contributed by atoms with E-state index in [4.69, 9.17) is 10.5 Å². The van der Waals surface area contributed by atoms with E-state index in [0.717, 1.165) is 13.0 Å². The van der Waals surface area contributed by atoms with Crippen LogP contribution >= 0.6 is 0 Å². The minimum Gasteiger partial charge on any atom is -0.372 e. The Balaban J connectivity index is 2.29. The monoisotopic (exact) mass is 205 g/mol. The van der Waals surface area contributed by atoms with Gasteiger partial charge in [-0.2, -0.15) is 0 Å². The topological polar surface area (TPSA) is 35.2 Å². The van der Waals surface area contributed by atoms with Gasteiger partial charge in [0.25, 0.3) is 0 Å². The van der Waals surface area contributed by atoms with E-state index in [-0.39, 0.29) is 12.1 Å². The minimum atomic E-state index is 0.0787. The van der Waals surface area contributed by atoms with Gasteiger partial charge in [-0.1, -0.05) is 38.1 Å². The molecule has 0 amide bonds. The Labute approximate surface area is 91.4 Å². The van der Waals surface area contributed by atoms with Crippen LogP contribution in [0.2, 0.25) is 0 Å². The van der Waals surface area contributed by atoms with Crippen LogP contribution in [0.15, 0.2) is 24.3 Å². The summed E-state index contributed by atoms with van der Waals surface area (Å²) in [5.74, 6) is 0.446. The van der Waals surface area contributed by atoms with Gasteiger partial charge in [0.15, 0.2) is 0 Å². The molecule has 0 saturated heterocycles. The highest BCUT2D eigenvalue weighted by Crippen LogP contribution is 2.31. The molecule has 2 unspecified atom stereocenters. The normalized spacial score (nSPS) is 22.5. The van der Waals surface area contributed by atoms with Gasteiger partial charge >= 0.3 is 0 Å². The van der Waals surface area contributed by atoms with E-state index in [1.807, 2.05) is 0 Å². The number of hydrogen-bond donors (Lipinski definition) is 1. The maximum Gasteiger partial charge on any atom is 0.0980 e. The minimum absolute atomic E-state index is 0.0787. The first kappa shape index (κ1) is 10.7. The third kappa shape index (κ3) is 2.06. The zero-order valence-electron chi connectivity index (χ0n) is 9.44. The molecule has 1 aromatic carbocycles. The van der Waals surface area contributed by atoms with Crippen molar-refractivity contribution < 1.29 is 4.74 Å². The van der Waals surface area contributed by atoms with E-state index in [1.54, 1.807) is 0 Å². The summed E-state index contributed by atoms with van der Waals surface area (Å²) in [6.07, 6.45) is 1.09. The maximum absolute atomic E-state index is 6.18. The second-order valence-electron chi connectivity index (χ2n) is 4.56. The number of rotatable bonds is 2. The molecule has 2 N–H and O–H groups in total. The quantitative estimate of drug-likeness (QED) is 0.804. The summed E-state index contributed by atoms with van der Waals surface area (Å²) in [4.78, 5) is 0. The first-order chi connectivity index (χ1) is 7.20. The van der Waals surface area contributed by atoms with Crippen molar-refractivity contribution in [2.45, 2.75) is 32.4 Å². The molecule has 0 spiro atoms. The van der Waals surface area contributed by atoms with Crippen molar-refractivity contribution in [1.29, 1.82) is 0 Å². The van der Waals surface area contributed by atoms with Crippen molar-refractivity contribution >= 4 is 0 Å². The zero-order valence-corrected chi connectivity index (χ0v) is 9.44. The summed E-state index contributed by atoms with van der Waals surface area (Å²) in [7, 11) is 0. The van der Waals surface area contributed by atoms with Crippen LogP contribution in [-0.2, 0) is 11.2 Å². The van der Waals surface area contributed by atoms with Gasteiger partial charge < -0.3 is 10.5 Å². The molecule has 15 heavy (non-hydrogen) atoms. The lowest BCUT2D eigenvalue weighted by atomic mass is 9.89. The summed E-state index contributed by atoms with van der Waals surface area (Å²) < 4.78 is 5.80. The van der Waals surface area contributed by atoms with Gasteiger partial charge in [-0.25, -0.2) is 0 Å². The Morgan fingerprint density at radius 1 is 1.33 bits per heavy atom. The van der Waals surface area contributed by atoms with Crippen molar-refractivity contribution in [3.8, 4) is 0 Å². The van der Waals surface area contributed by atoms with E-state index in [1.165, 1.54) is 11.1 Å². The van der Waals surface area contributed by atoms with Crippen molar-refractivity contribution in [2.24, 2.45) is 11.7 Å². The van der Waals surface area contributed by atoms with Crippen LogP contribution in [0.5, 0.6) is 0 Å². The highest BCUT2D eigenvalue weighted by molar-refractivity contribution is 5.31. The van der Waals surface area contributed by atoms with Crippen LogP contribution in [0.1, 0.15) is 31.1 Å². The van der Waals surface area contributed by atoms with Crippen LogP contribution in [0, 0.1) is 5.92 Å². The molecule has 1 aliphatic heterocycles. The Kier molecular flexibility index (Phi) is 3.08. The molecule has 1 aliphatic rings. The maximum atomic E-state index is 6.18. The largest absolute Gasteiger partial charge is 0.372 e. The molecule has 0 aliphatic carbocycles. The summed E-state index contributed by atoms with van der Waals surface area (Å²) in [6, 6.07) is 8.56. The molecule has 2 rings (SSSR count). The fourth-order valence-corrected chi connectivity index (χ4v) is 2.09. The molecule has 0 saturated carbocycles. The van der Waals surface area contributed by atoms with E-state index in [9.17, 15) is 0 Å². The predicted octanol–water partition coefficient (Wildman–Crippen LogP) is 2.28. The smallest absolute Gasteiger partial charge is 0.0980 e. The van der Waals surface area contributed by atoms with Gasteiger partial charge in [0.05, 0.1) is 12.7 Å². The summed E-state index contributed by atoms with van der Waals surface area (Å²) in [5.41, 5.74) is 8.86. The van der Waals surface area contributed by atoms with Crippen molar-refractivity contribution in [3.05, 3.63) is 35.4 Å². The predicted molar refractivity (Wildman–Crippen MR) is 61.7 cm³/mol. The molecular formula is C13H19NO. The first-order valence-electron chi connectivity index (χ1n) is 5.65. The summed E-state index contributed by atoms with van der Waals surface area (Å²) in [6.45, 7) is 5.08. The molecule has 0 radical (unpaired) electrons. The van der Waals surface area contributed by atoms with Gasteiger partial charge in [-0.15, -0.1) is 0 Å². The van der Waals surface area contributed by atoms with E-state index >= 15 is 0 Å². The van der Waals surface area contributed by atoms with E-state index < -0.39 is 0 Å².